The number of aromatic nitrogens is 2. The van der Waals surface area contributed by atoms with Crippen LogP contribution in [-0.2, 0) is 11.3 Å². The lowest BCUT2D eigenvalue weighted by Gasteiger charge is -2.07. The number of hydrogen-bond acceptors (Lipinski definition) is 4. The first-order chi connectivity index (χ1) is 8.29. The van der Waals surface area contributed by atoms with Gasteiger partial charge in [0, 0.05) is 6.54 Å². The minimum Gasteiger partial charge on any atom is -0.390 e. The second-order valence-corrected chi connectivity index (χ2v) is 3.33. The van der Waals surface area contributed by atoms with Gasteiger partial charge in [0.05, 0.1) is 6.42 Å². The third-order valence-corrected chi connectivity index (χ3v) is 1.90. The van der Waals surface area contributed by atoms with Crippen molar-refractivity contribution in [1.29, 1.82) is 0 Å². The molecule has 1 aromatic rings. The van der Waals surface area contributed by atoms with Gasteiger partial charge in [-0.25, -0.2) is 4.57 Å². The molecule has 0 unspecified atom stereocenters. The number of amides is 1. The Morgan fingerprint density at radius 1 is 1.56 bits per heavy atom. The molecule has 0 saturated carbocycles. The van der Waals surface area contributed by atoms with Crippen LogP contribution in [-0.4, -0.2) is 33.1 Å². The van der Waals surface area contributed by atoms with Crippen molar-refractivity contribution in [3.8, 4) is 0 Å². The predicted octanol–water partition coefficient (Wildman–Crippen LogP) is 0.860. The van der Waals surface area contributed by atoms with Crippen molar-refractivity contribution < 1.29 is 22.9 Å². The van der Waals surface area contributed by atoms with E-state index in [4.69, 9.17) is 0 Å². The van der Waals surface area contributed by atoms with Gasteiger partial charge in [0.15, 0.2) is 6.54 Å². The molecule has 1 aromatic heterocycles. The maximum atomic E-state index is 11.8. The van der Waals surface area contributed by atoms with Gasteiger partial charge in [0.2, 0.25) is 0 Å². The monoisotopic (exact) mass is 263 g/mol. The summed E-state index contributed by atoms with van der Waals surface area (Å²) in [6.07, 6.45) is -3.18. The number of nitrogens with zero attached hydrogens (tertiary/aromatic N) is 3. The van der Waals surface area contributed by atoms with Crippen molar-refractivity contribution in [3.63, 3.8) is 0 Å². The normalized spacial score (nSPS) is 11.3. The molecule has 100 valence electrons. The van der Waals surface area contributed by atoms with Crippen molar-refractivity contribution in [1.82, 2.24) is 14.9 Å². The second kappa shape index (κ2) is 5.47. The van der Waals surface area contributed by atoms with E-state index < -0.39 is 42.5 Å². The Hall–Kier alpha value is -2.13. The molecule has 0 bridgehead atoms. The van der Waals surface area contributed by atoms with Crippen LogP contribution in [0.2, 0.25) is 0 Å². The first-order valence-electron chi connectivity index (χ1n) is 4.78. The van der Waals surface area contributed by atoms with Gasteiger partial charge in [-0.1, -0.05) is 4.98 Å². The lowest BCUT2D eigenvalue weighted by atomic mass is 10.4. The van der Waals surface area contributed by atoms with Gasteiger partial charge in [-0.3, -0.25) is 4.79 Å². The van der Waals surface area contributed by atoms with Crippen LogP contribution in [0.1, 0.15) is 6.42 Å². The largest absolute Gasteiger partial charge is 0.435 e. The molecular weight excluding hydrogens is 254 g/mol. The van der Waals surface area contributed by atoms with Crippen LogP contribution in [0.5, 0.6) is 0 Å². The highest BCUT2D eigenvalue weighted by Crippen LogP contribution is 2.18. The number of halogens is 3. The van der Waals surface area contributed by atoms with Crippen molar-refractivity contribution in [2.75, 3.05) is 6.54 Å². The standard InChI is InChI=1S/C8H9F3N4O3/c9-8(10,11)1-2-12-6(16)5-14-4-3-13-7(14)15(17)18/h3-4H,1-2,5H2,(H,12,16)/i9-1,10-1,11-1. The highest BCUT2D eigenvalue weighted by atomic mass is 18.5. The lowest BCUT2D eigenvalue weighted by Crippen LogP contribution is -2.31. The summed E-state index contributed by atoms with van der Waals surface area (Å²) in [4.78, 5) is 24.3. The molecule has 1 rings (SSSR count). The molecule has 0 aromatic carbocycles. The van der Waals surface area contributed by atoms with Gasteiger partial charge in [0.25, 0.3) is 5.91 Å². The van der Waals surface area contributed by atoms with E-state index in [1.54, 1.807) is 0 Å². The molecule has 18 heavy (non-hydrogen) atoms. The van der Waals surface area contributed by atoms with Crippen LogP contribution in [0.3, 0.4) is 0 Å². The molecule has 0 aliphatic carbocycles. The molecular formula is C8H9F3N4O3. The Kier molecular flexibility index (Phi) is 4.23. The van der Waals surface area contributed by atoms with E-state index in [0.29, 0.717) is 0 Å². The number of nitro groups is 1. The summed E-state index contributed by atoms with van der Waals surface area (Å²) in [7, 11) is 0. The minimum absolute atomic E-state index is 0.450. The Labute approximate surface area is 98.8 Å². The molecule has 7 nitrogen and oxygen atoms in total. The molecule has 0 fully saturated rings. The number of imidazole rings is 1. The van der Waals surface area contributed by atoms with E-state index in [0.717, 1.165) is 10.8 Å². The zero-order chi connectivity index (χ0) is 13.8. The van der Waals surface area contributed by atoms with Crippen LogP contribution >= 0.6 is 0 Å². The van der Waals surface area contributed by atoms with Crippen molar-refractivity contribution in [2.24, 2.45) is 0 Å². The summed E-state index contributed by atoms with van der Waals surface area (Å²) < 4.78 is 36.3. The van der Waals surface area contributed by atoms with Crippen molar-refractivity contribution >= 4 is 11.9 Å². The molecule has 1 heterocycles. The van der Waals surface area contributed by atoms with Crippen molar-refractivity contribution in [3.05, 3.63) is 22.5 Å². The Balaban J connectivity index is 2.45. The van der Waals surface area contributed by atoms with Gasteiger partial charge < -0.3 is 15.4 Å². The molecule has 0 aliphatic rings. The minimum atomic E-state index is -4.35. The predicted molar refractivity (Wildman–Crippen MR) is 52.6 cm³/mol. The van der Waals surface area contributed by atoms with Gasteiger partial charge in [-0.15, -0.1) is 0 Å². The number of hydrogen-bond donors (Lipinski definition) is 1. The topological polar surface area (TPSA) is 90.1 Å². The summed E-state index contributed by atoms with van der Waals surface area (Å²) in [5.41, 5.74) is 0. The van der Waals surface area contributed by atoms with Gasteiger partial charge in [0.1, 0.15) is 12.4 Å². The summed E-state index contributed by atoms with van der Waals surface area (Å²) in [6.45, 7) is -1.01. The summed E-state index contributed by atoms with van der Waals surface area (Å²) in [5.74, 6) is -1.29. The molecule has 0 radical (unpaired) electrons. The number of carbonyl (C=O) groups excluding carboxylic acids is 1. The quantitative estimate of drug-likeness (QED) is 0.630. The molecule has 0 atom stereocenters. The van der Waals surface area contributed by atoms with Gasteiger partial charge in [-0.2, -0.15) is 13.2 Å². The molecule has 0 aliphatic heterocycles. The number of nitrogens with one attached hydrogen (secondary N) is 1. The zero-order valence-electron chi connectivity index (χ0n) is 8.98. The number of carbonyl (C=O) groups is 1. The first kappa shape index (κ1) is 13.9. The Bertz CT molecular complexity index is 443. The lowest BCUT2D eigenvalue weighted by molar-refractivity contribution is -0.396. The van der Waals surface area contributed by atoms with E-state index in [2.05, 4.69) is 4.98 Å². The van der Waals surface area contributed by atoms with Crippen LogP contribution in [0.25, 0.3) is 0 Å². The van der Waals surface area contributed by atoms with Gasteiger partial charge >= 0.3 is 12.1 Å². The first-order valence-corrected chi connectivity index (χ1v) is 4.78. The second-order valence-electron chi connectivity index (χ2n) is 3.33. The highest BCUT2D eigenvalue weighted by Gasteiger charge is 2.26. The van der Waals surface area contributed by atoms with Crippen LogP contribution < -0.4 is 5.32 Å². The van der Waals surface area contributed by atoms with Crippen LogP contribution in [0.4, 0.5) is 19.1 Å². The molecule has 1 amide bonds. The smallest absolute Gasteiger partial charge is 0.390 e. The highest BCUT2D eigenvalue weighted by molar-refractivity contribution is 5.75. The SMILES string of the molecule is O=C(Cn1ccnc1[N+](=O)[O-])NCCC([18F])([18F])[18F]. The van der Waals surface area contributed by atoms with Gasteiger partial charge in [-0.05, 0) is 4.92 Å². The van der Waals surface area contributed by atoms with E-state index in [-0.39, 0.29) is 0 Å². The summed E-state index contributed by atoms with van der Waals surface area (Å²) in [6, 6.07) is 0. The maximum absolute atomic E-state index is 11.8. The zero-order valence-corrected chi connectivity index (χ0v) is 8.98. The van der Waals surface area contributed by atoms with E-state index >= 15 is 0 Å². The van der Waals surface area contributed by atoms with Crippen LogP contribution in [0.15, 0.2) is 12.4 Å². The molecule has 1 N–H and O–H groups in total. The van der Waals surface area contributed by atoms with E-state index in [1.165, 1.54) is 6.20 Å². The fourth-order valence-corrected chi connectivity index (χ4v) is 1.15. The summed E-state index contributed by atoms with van der Waals surface area (Å²) in [5, 5.41) is 12.5. The maximum Gasteiger partial charge on any atom is 0.435 e. The number of alkyl halides is 3. The third kappa shape index (κ3) is 4.39. The fraction of sp³-hybridized carbons (Fsp3) is 0.500. The Morgan fingerprint density at radius 2 is 2.22 bits per heavy atom. The summed E-state index contributed by atoms with van der Waals surface area (Å²) >= 11 is 0. The number of rotatable bonds is 5. The molecule has 0 spiro atoms. The molecule has 10 heteroatoms. The fourth-order valence-electron chi connectivity index (χ4n) is 1.15. The molecule has 0 saturated heterocycles. The third-order valence-electron chi connectivity index (χ3n) is 1.90. The average Bonchev–Trinajstić information content (AvgIpc) is 2.63. The van der Waals surface area contributed by atoms with E-state index in [1.807, 2.05) is 5.32 Å². The van der Waals surface area contributed by atoms with Crippen LogP contribution in [0, 0.1) is 10.1 Å². The van der Waals surface area contributed by atoms with E-state index in [9.17, 15) is 28.1 Å². The Morgan fingerprint density at radius 3 is 2.78 bits per heavy atom. The van der Waals surface area contributed by atoms with Crippen molar-refractivity contribution in [2.45, 2.75) is 19.1 Å². The average molecular weight is 263 g/mol.